The van der Waals surface area contributed by atoms with E-state index in [0.29, 0.717) is 12.0 Å². The van der Waals surface area contributed by atoms with Crippen LogP contribution in [0.2, 0.25) is 0 Å². The Balaban J connectivity index is 1.83. The molecule has 1 heterocycles. The zero-order valence-electron chi connectivity index (χ0n) is 13.1. The van der Waals surface area contributed by atoms with Gasteiger partial charge >= 0.3 is 0 Å². The van der Waals surface area contributed by atoms with Crippen LogP contribution >= 0.6 is 0 Å². The molecule has 1 amide bonds. The first kappa shape index (κ1) is 14.6. The monoisotopic (exact) mass is 286 g/mol. The van der Waals surface area contributed by atoms with Gasteiger partial charge in [0.1, 0.15) is 6.17 Å². The Morgan fingerprint density at radius 1 is 1.14 bits per heavy atom. The van der Waals surface area contributed by atoms with Gasteiger partial charge in [-0.15, -0.1) is 0 Å². The lowest BCUT2D eigenvalue weighted by molar-refractivity contribution is -0.133. The van der Waals surface area contributed by atoms with Crippen molar-refractivity contribution in [1.29, 1.82) is 0 Å². The number of benzene rings is 1. The van der Waals surface area contributed by atoms with Gasteiger partial charge in [0.05, 0.1) is 6.04 Å². The zero-order chi connectivity index (χ0) is 14.8. The fourth-order valence-corrected chi connectivity index (χ4v) is 3.91. The van der Waals surface area contributed by atoms with Crippen molar-refractivity contribution >= 4 is 5.91 Å². The molecule has 2 fully saturated rings. The minimum Gasteiger partial charge on any atom is -0.319 e. The second-order valence-corrected chi connectivity index (χ2v) is 6.59. The molecular formula is C18H26N2O. The van der Waals surface area contributed by atoms with Gasteiger partial charge in [0.25, 0.3) is 0 Å². The van der Waals surface area contributed by atoms with E-state index < -0.39 is 0 Å². The third-order valence-corrected chi connectivity index (χ3v) is 5.20. The van der Waals surface area contributed by atoms with E-state index in [4.69, 9.17) is 0 Å². The van der Waals surface area contributed by atoms with Crippen molar-refractivity contribution in [1.82, 2.24) is 10.2 Å². The van der Waals surface area contributed by atoms with E-state index in [9.17, 15) is 4.79 Å². The van der Waals surface area contributed by atoms with Crippen molar-refractivity contribution in [3.63, 3.8) is 0 Å². The molecule has 3 heteroatoms. The van der Waals surface area contributed by atoms with E-state index in [-0.39, 0.29) is 18.1 Å². The Morgan fingerprint density at radius 2 is 1.81 bits per heavy atom. The van der Waals surface area contributed by atoms with Gasteiger partial charge in [0.15, 0.2) is 0 Å². The second kappa shape index (κ2) is 6.18. The number of hydrogen-bond donors (Lipinski definition) is 1. The number of nitrogens with zero attached hydrogens (tertiary/aromatic N) is 1. The number of rotatable bonds is 3. The summed E-state index contributed by atoms with van der Waals surface area (Å²) in [6.45, 7) is 4.22. The number of nitrogens with one attached hydrogen (secondary N) is 1. The van der Waals surface area contributed by atoms with Gasteiger partial charge < -0.3 is 4.90 Å². The highest BCUT2D eigenvalue weighted by molar-refractivity contribution is 5.84. The smallest absolute Gasteiger partial charge is 0.241 e. The maximum absolute atomic E-state index is 12.6. The van der Waals surface area contributed by atoms with E-state index >= 15 is 0 Å². The van der Waals surface area contributed by atoms with Crippen molar-refractivity contribution in [3.05, 3.63) is 35.9 Å². The van der Waals surface area contributed by atoms with Crippen LogP contribution < -0.4 is 5.32 Å². The first-order valence-corrected chi connectivity index (χ1v) is 8.31. The normalized spacial score (nSPS) is 28.9. The Hall–Kier alpha value is -1.35. The summed E-state index contributed by atoms with van der Waals surface area (Å²) in [5.41, 5.74) is 1.19. The lowest BCUT2D eigenvalue weighted by Crippen LogP contribution is -2.43. The highest BCUT2D eigenvalue weighted by Crippen LogP contribution is 2.35. The summed E-state index contributed by atoms with van der Waals surface area (Å²) < 4.78 is 0. The molecule has 3 unspecified atom stereocenters. The Kier molecular flexibility index (Phi) is 4.29. The number of amides is 1. The molecule has 1 saturated carbocycles. The molecule has 1 saturated heterocycles. The van der Waals surface area contributed by atoms with Crippen molar-refractivity contribution in [2.45, 2.75) is 64.2 Å². The van der Waals surface area contributed by atoms with E-state index in [2.05, 4.69) is 29.3 Å². The highest BCUT2D eigenvalue weighted by Gasteiger charge is 2.41. The highest BCUT2D eigenvalue weighted by atomic mass is 16.2. The molecule has 3 nitrogen and oxygen atoms in total. The predicted molar refractivity (Wildman–Crippen MR) is 84.7 cm³/mol. The molecule has 0 spiro atoms. The lowest BCUT2D eigenvalue weighted by Gasteiger charge is -2.37. The molecule has 3 rings (SSSR count). The van der Waals surface area contributed by atoms with Crippen LogP contribution in [-0.4, -0.2) is 22.9 Å². The molecule has 21 heavy (non-hydrogen) atoms. The van der Waals surface area contributed by atoms with Crippen LogP contribution in [0.5, 0.6) is 0 Å². The topological polar surface area (TPSA) is 32.3 Å². The van der Waals surface area contributed by atoms with E-state index in [1.165, 1.54) is 37.7 Å². The summed E-state index contributed by atoms with van der Waals surface area (Å²) in [5.74, 6) is 0.905. The van der Waals surface area contributed by atoms with Crippen LogP contribution in [0, 0.1) is 5.92 Å². The summed E-state index contributed by atoms with van der Waals surface area (Å²) in [4.78, 5) is 14.7. The van der Waals surface area contributed by atoms with Crippen molar-refractivity contribution in [2.75, 3.05) is 0 Å². The van der Waals surface area contributed by atoms with Gasteiger partial charge in [-0.1, -0.05) is 49.6 Å². The third kappa shape index (κ3) is 2.84. The fraction of sp³-hybridized carbons (Fsp3) is 0.611. The Morgan fingerprint density at radius 3 is 2.48 bits per heavy atom. The van der Waals surface area contributed by atoms with Crippen LogP contribution in [0.1, 0.15) is 57.7 Å². The summed E-state index contributed by atoms with van der Waals surface area (Å²) in [5, 5.41) is 3.47. The van der Waals surface area contributed by atoms with Crippen LogP contribution in [0.4, 0.5) is 0 Å². The van der Waals surface area contributed by atoms with Gasteiger partial charge in [0, 0.05) is 6.04 Å². The molecule has 1 aromatic rings. The minimum atomic E-state index is -0.0822. The fourth-order valence-electron chi connectivity index (χ4n) is 3.91. The van der Waals surface area contributed by atoms with Crippen LogP contribution in [0.15, 0.2) is 30.3 Å². The number of carbonyl (C=O) groups is 1. The average molecular weight is 286 g/mol. The first-order chi connectivity index (χ1) is 10.2. The molecule has 0 aromatic heterocycles. The van der Waals surface area contributed by atoms with Crippen molar-refractivity contribution in [3.8, 4) is 0 Å². The van der Waals surface area contributed by atoms with Crippen molar-refractivity contribution < 1.29 is 4.79 Å². The largest absolute Gasteiger partial charge is 0.319 e. The molecular weight excluding hydrogens is 260 g/mol. The van der Waals surface area contributed by atoms with Gasteiger partial charge in [-0.25, -0.2) is 0 Å². The van der Waals surface area contributed by atoms with Gasteiger partial charge in [-0.3, -0.25) is 10.1 Å². The SMILES string of the molecule is CC1NC(c2ccccc2)N(C(C)C2CCCCC2)C1=O. The van der Waals surface area contributed by atoms with E-state index in [1.807, 2.05) is 25.1 Å². The summed E-state index contributed by atoms with van der Waals surface area (Å²) in [7, 11) is 0. The molecule has 114 valence electrons. The number of carbonyl (C=O) groups excluding carboxylic acids is 1. The van der Waals surface area contributed by atoms with Gasteiger partial charge in [-0.2, -0.15) is 0 Å². The second-order valence-electron chi connectivity index (χ2n) is 6.59. The maximum atomic E-state index is 12.6. The lowest BCUT2D eigenvalue weighted by atomic mass is 9.83. The molecule has 1 N–H and O–H groups in total. The summed E-state index contributed by atoms with van der Waals surface area (Å²) in [6, 6.07) is 10.6. The van der Waals surface area contributed by atoms with E-state index in [0.717, 1.165) is 0 Å². The van der Waals surface area contributed by atoms with Crippen molar-refractivity contribution in [2.24, 2.45) is 5.92 Å². The summed E-state index contributed by atoms with van der Waals surface area (Å²) >= 11 is 0. The Labute approximate surface area is 127 Å². The molecule has 0 radical (unpaired) electrons. The zero-order valence-corrected chi connectivity index (χ0v) is 13.1. The van der Waals surface area contributed by atoms with Crippen LogP contribution in [0.25, 0.3) is 0 Å². The third-order valence-electron chi connectivity index (χ3n) is 5.20. The van der Waals surface area contributed by atoms with E-state index in [1.54, 1.807) is 0 Å². The van der Waals surface area contributed by atoms with Gasteiger partial charge in [0.2, 0.25) is 5.91 Å². The van der Waals surface area contributed by atoms with Crippen LogP contribution in [0.3, 0.4) is 0 Å². The molecule has 1 aliphatic carbocycles. The molecule has 1 aliphatic heterocycles. The predicted octanol–water partition coefficient (Wildman–Crippen LogP) is 3.47. The first-order valence-electron chi connectivity index (χ1n) is 8.31. The molecule has 2 aliphatic rings. The maximum Gasteiger partial charge on any atom is 0.241 e. The van der Waals surface area contributed by atoms with Gasteiger partial charge in [-0.05, 0) is 38.2 Å². The average Bonchev–Trinajstić information content (AvgIpc) is 2.84. The standard InChI is InChI=1S/C18H26N2O/c1-13-18(21)20(14(2)15-9-5-3-6-10-15)17(19-13)16-11-7-4-8-12-16/h4,7-8,11-15,17,19H,3,5-6,9-10H2,1-2H3. The Bertz CT molecular complexity index is 481. The number of hydrogen-bond acceptors (Lipinski definition) is 2. The molecule has 1 aromatic carbocycles. The minimum absolute atomic E-state index is 0.0330. The van der Waals surface area contributed by atoms with Crippen LogP contribution in [-0.2, 0) is 4.79 Å². The molecule has 0 bridgehead atoms. The molecule has 3 atom stereocenters. The quantitative estimate of drug-likeness (QED) is 0.922. The summed E-state index contributed by atoms with van der Waals surface area (Å²) in [6.07, 6.45) is 6.55.